The molecule has 2 N–H and O–H groups in total. The van der Waals surface area contributed by atoms with E-state index in [-0.39, 0.29) is 0 Å². The van der Waals surface area contributed by atoms with E-state index in [1.165, 1.54) is 0 Å². The first-order valence-corrected chi connectivity index (χ1v) is 11.0. The zero-order chi connectivity index (χ0) is 14.2. The van der Waals surface area contributed by atoms with Gasteiger partial charge in [0.15, 0.2) is 0 Å². The standard InChI is InChI=1S/C6H6S.2C2H4O2.2Hg/c1-5-3-7-4-6(5)2;2*1-2(3)4;;/h1-2H3;2*1H3,(H,3,4);;. The molecule has 0 aliphatic carbocycles. The van der Waals surface area contributed by atoms with Gasteiger partial charge in [0.1, 0.15) is 0 Å². The molecular formula is C10H14Hg2O4S. The monoisotopic (exact) mass is 634 g/mol. The number of aliphatic carboxylic acids is 2. The Hall–Kier alpha value is 0.510. The molecule has 0 atom stereocenters. The van der Waals surface area contributed by atoms with Gasteiger partial charge in [-0.25, -0.2) is 0 Å². The van der Waals surface area contributed by atoms with Gasteiger partial charge in [0.2, 0.25) is 0 Å². The van der Waals surface area contributed by atoms with Crippen LogP contribution in [0.3, 0.4) is 0 Å². The molecule has 0 saturated heterocycles. The molecular weight excluding hydrogens is 617 g/mol. The Morgan fingerprint density at radius 3 is 1.18 bits per heavy atom. The summed E-state index contributed by atoms with van der Waals surface area (Å²) < 4.78 is 3.41. The van der Waals surface area contributed by atoms with Crippen LogP contribution in [0.1, 0.15) is 25.0 Å². The fourth-order valence-electron chi connectivity index (χ4n) is 0.720. The van der Waals surface area contributed by atoms with Crippen molar-refractivity contribution in [1.29, 1.82) is 0 Å². The fraction of sp³-hybridized carbons (Fsp3) is 0.400. The Bertz CT molecular complexity index is 345. The van der Waals surface area contributed by atoms with Crippen molar-refractivity contribution >= 4 is 28.0 Å². The Morgan fingerprint density at radius 2 is 1.12 bits per heavy atom. The molecule has 0 aliphatic rings. The summed E-state index contributed by atoms with van der Waals surface area (Å²) in [4.78, 5) is 18.0. The first kappa shape index (κ1) is 19.8. The molecule has 1 aromatic heterocycles. The molecule has 1 aromatic rings. The number of hydrogen-bond donors (Lipinski definition) is 2. The third-order valence-corrected chi connectivity index (χ3v) is 10.2. The van der Waals surface area contributed by atoms with Crippen molar-refractivity contribution in [2.75, 3.05) is 0 Å². The minimum absolute atomic E-state index is 0.833. The number of hydrogen-bond acceptors (Lipinski definition) is 3. The van der Waals surface area contributed by atoms with E-state index < -0.39 is 11.9 Å². The van der Waals surface area contributed by atoms with Crippen molar-refractivity contribution < 1.29 is 72.0 Å². The second-order valence-corrected chi connectivity index (χ2v) is 13.9. The van der Waals surface area contributed by atoms with Crippen molar-refractivity contribution in [3.05, 3.63) is 11.1 Å². The summed E-state index contributed by atoms with van der Waals surface area (Å²) in [6.07, 6.45) is 0. The predicted octanol–water partition coefficient (Wildman–Crippen LogP) is 0.891. The summed E-state index contributed by atoms with van der Waals surface area (Å²) in [5, 5.41) is 14.8. The van der Waals surface area contributed by atoms with E-state index >= 15 is 0 Å². The predicted molar refractivity (Wildman–Crippen MR) is 59.7 cm³/mol. The van der Waals surface area contributed by atoms with Crippen LogP contribution in [0.4, 0.5) is 0 Å². The third-order valence-electron chi connectivity index (χ3n) is 1.65. The molecule has 0 aromatic carbocycles. The molecule has 0 saturated carbocycles. The van der Waals surface area contributed by atoms with Crippen molar-refractivity contribution in [2.24, 2.45) is 0 Å². The molecule has 0 fully saturated rings. The summed E-state index contributed by atoms with van der Waals surface area (Å²) in [6.45, 7) is 6.70. The molecule has 0 radical (unpaired) electrons. The SMILES string of the molecule is CC(=O)O.CC(=O)O.Cc1[c]([Hg])s[c]([Hg])c1C. The Balaban J connectivity index is 0. The summed E-state index contributed by atoms with van der Waals surface area (Å²) in [6, 6.07) is 0. The van der Waals surface area contributed by atoms with Gasteiger partial charge in [0.05, 0.1) is 0 Å². The van der Waals surface area contributed by atoms with E-state index in [1.54, 1.807) is 15.9 Å². The third kappa shape index (κ3) is 12.8. The van der Waals surface area contributed by atoms with E-state index in [2.05, 4.69) is 25.2 Å². The van der Waals surface area contributed by atoms with E-state index in [4.69, 9.17) is 19.8 Å². The molecule has 0 amide bonds. The summed E-state index contributed by atoms with van der Waals surface area (Å²) in [5.74, 6) is -1.67. The molecule has 0 unspecified atom stereocenters. The van der Waals surface area contributed by atoms with Gasteiger partial charge in [0.25, 0.3) is 11.9 Å². The van der Waals surface area contributed by atoms with Crippen LogP contribution in [0.5, 0.6) is 0 Å². The van der Waals surface area contributed by atoms with Crippen LogP contribution in [0, 0.1) is 13.8 Å². The van der Waals surface area contributed by atoms with Gasteiger partial charge >= 0.3 is 93.3 Å². The van der Waals surface area contributed by atoms with Crippen LogP contribution >= 0.6 is 11.3 Å². The topological polar surface area (TPSA) is 74.6 Å². The Kier molecular flexibility index (Phi) is 12.2. The van der Waals surface area contributed by atoms with E-state index in [0.717, 1.165) is 66.1 Å². The van der Waals surface area contributed by atoms with Crippen LogP contribution in [0.25, 0.3) is 0 Å². The number of thiophene rings is 1. The molecule has 4 nitrogen and oxygen atoms in total. The van der Waals surface area contributed by atoms with Crippen molar-refractivity contribution in [1.82, 2.24) is 0 Å². The van der Waals surface area contributed by atoms with E-state index in [9.17, 15) is 0 Å². The zero-order valence-electron chi connectivity index (χ0n) is 10.5. The molecule has 1 heterocycles. The second-order valence-electron chi connectivity index (χ2n) is 3.24. The van der Waals surface area contributed by atoms with Crippen LogP contribution < -0.4 is 4.77 Å². The number of rotatable bonds is 0. The van der Waals surface area contributed by atoms with Gasteiger partial charge in [-0.05, 0) is 0 Å². The van der Waals surface area contributed by atoms with Crippen LogP contribution in [0.15, 0.2) is 0 Å². The van der Waals surface area contributed by atoms with Crippen molar-refractivity contribution in [3.8, 4) is 0 Å². The second kappa shape index (κ2) is 10.4. The van der Waals surface area contributed by atoms with Gasteiger partial charge in [-0.3, -0.25) is 9.59 Å². The van der Waals surface area contributed by atoms with Crippen molar-refractivity contribution in [3.63, 3.8) is 0 Å². The molecule has 88 valence electrons. The Morgan fingerprint density at radius 1 is 0.941 bits per heavy atom. The van der Waals surface area contributed by atoms with E-state index in [1.807, 2.05) is 0 Å². The zero-order valence-corrected chi connectivity index (χ0v) is 22.3. The average Bonchev–Trinajstić information content (AvgIpc) is 2.31. The van der Waals surface area contributed by atoms with Gasteiger partial charge in [-0.15, -0.1) is 0 Å². The normalized spacial score (nSPS) is 8.47. The van der Waals surface area contributed by atoms with Gasteiger partial charge in [0, 0.05) is 13.8 Å². The number of carbonyl (C=O) groups is 2. The summed E-state index contributed by atoms with van der Waals surface area (Å²) in [5.41, 5.74) is 3.21. The van der Waals surface area contributed by atoms with Gasteiger partial charge < -0.3 is 10.2 Å². The molecule has 1 rings (SSSR count). The fourth-order valence-corrected chi connectivity index (χ4v) is 17.0. The molecule has 0 bridgehead atoms. The number of carboxylic acids is 2. The minimum atomic E-state index is -0.833. The van der Waals surface area contributed by atoms with Gasteiger partial charge in [-0.1, -0.05) is 0 Å². The van der Waals surface area contributed by atoms with Crippen LogP contribution in [0.2, 0.25) is 0 Å². The van der Waals surface area contributed by atoms with Crippen LogP contribution in [-0.2, 0) is 61.8 Å². The Labute approximate surface area is 137 Å². The maximum absolute atomic E-state index is 9.00. The maximum atomic E-state index is 9.00. The van der Waals surface area contributed by atoms with E-state index in [0.29, 0.717) is 0 Å². The average molecular weight is 631 g/mol. The molecule has 17 heavy (non-hydrogen) atoms. The quantitative estimate of drug-likeness (QED) is 0.418. The molecule has 7 heteroatoms. The molecule has 0 aliphatic heterocycles. The first-order chi connectivity index (χ1) is 7.59. The first-order valence-electron chi connectivity index (χ1n) is 4.72. The van der Waals surface area contributed by atoms with Crippen LogP contribution in [-0.4, -0.2) is 22.2 Å². The van der Waals surface area contributed by atoms with Gasteiger partial charge in [-0.2, -0.15) is 0 Å². The molecule has 0 spiro atoms. The van der Waals surface area contributed by atoms with Crippen molar-refractivity contribution in [2.45, 2.75) is 27.7 Å². The summed E-state index contributed by atoms with van der Waals surface area (Å²) >= 11 is 3.79. The number of carboxylic acid groups (broad SMARTS) is 2. The summed E-state index contributed by atoms with van der Waals surface area (Å²) in [7, 11) is 0.